The third-order valence-corrected chi connectivity index (χ3v) is 9.81. The van der Waals surface area contributed by atoms with Gasteiger partial charge in [-0.3, -0.25) is 19.4 Å². The molecule has 2 amide bonds. The monoisotopic (exact) mass is 690 g/mol. The molecule has 262 valence electrons. The van der Waals surface area contributed by atoms with Crippen LogP contribution in [0, 0.1) is 12.7 Å². The summed E-state index contributed by atoms with van der Waals surface area (Å²) in [6, 6.07) is 20.3. The Labute approximate surface area is 295 Å². The van der Waals surface area contributed by atoms with E-state index in [1.807, 2.05) is 17.0 Å². The van der Waals surface area contributed by atoms with E-state index in [1.165, 1.54) is 54.2 Å². The molecular weight excluding hydrogens is 651 g/mol. The van der Waals surface area contributed by atoms with Crippen LogP contribution in [0.25, 0.3) is 11.3 Å². The van der Waals surface area contributed by atoms with Crippen LogP contribution in [0.2, 0.25) is 0 Å². The molecule has 1 N–H and O–H groups in total. The molecule has 0 radical (unpaired) electrons. The molecule has 0 bridgehead atoms. The van der Waals surface area contributed by atoms with Crippen molar-refractivity contribution in [2.24, 2.45) is 7.05 Å². The van der Waals surface area contributed by atoms with Crippen molar-refractivity contribution in [2.45, 2.75) is 25.9 Å². The Morgan fingerprint density at radius 3 is 2.37 bits per heavy atom. The maximum absolute atomic E-state index is 15.1. The number of morpholine rings is 1. The Hall–Kier alpha value is -5.59. The molecule has 11 nitrogen and oxygen atoms in total. The summed E-state index contributed by atoms with van der Waals surface area (Å²) in [5, 5.41) is 9.96. The molecule has 1 atom stereocenters. The van der Waals surface area contributed by atoms with Crippen LogP contribution in [0.1, 0.15) is 37.5 Å². The number of aromatic nitrogens is 3. The number of rotatable bonds is 8. The Bertz CT molecular complexity index is 2060. The minimum atomic E-state index is -0.497. The summed E-state index contributed by atoms with van der Waals surface area (Å²) in [5.74, 6) is -1.06. The number of ether oxygens (including phenoxy) is 2. The van der Waals surface area contributed by atoms with Crippen molar-refractivity contribution in [1.82, 2.24) is 24.3 Å². The van der Waals surface area contributed by atoms with Gasteiger partial charge in [0.2, 0.25) is 0 Å². The first kappa shape index (κ1) is 33.9. The van der Waals surface area contributed by atoms with Crippen LogP contribution in [0.4, 0.5) is 15.8 Å². The van der Waals surface area contributed by atoms with Gasteiger partial charge >= 0.3 is 6.01 Å². The first-order chi connectivity index (χ1) is 24.7. The van der Waals surface area contributed by atoms with Crippen molar-refractivity contribution in [2.75, 3.05) is 44.9 Å². The van der Waals surface area contributed by atoms with Crippen molar-refractivity contribution in [3.63, 3.8) is 0 Å². The van der Waals surface area contributed by atoms with Crippen molar-refractivity contribution >= 4 is 23.2 Å². The topological polar surface area (TPSA) is 113 Å². The second-order valence-corrected chi connectivity index (χ2v) is 12.8. The van der Waals surface area contributed by atoms with Gasteiger partial charge in [-0.1, -0.05) is 24.3 Å². The third kappa shape index (κ3) is 6.80. The second kappa shape index (κ2) is 14.3. The zero-order valence-corrected chi connectivity index (χ0v) is 28.8. The molecule has 0 spiro atoms. The summed E-state index contributed by atoms with van der Waals surface area (Å²) in [4.78, 5) is 43.3. The number of carbonyl (C=O) groups excluding carboxylic acids is 2. The number of methoxy groups -OCH3 is 1. The summed E-state index contributed by atoms with van der Waals surface area (Å²) in [5.41, 5.74) is 5.33. The highest BCUT2D eigenvalue weighted by Crippen LogP contribution is 2.35. The van der Waals surface area contributed by atoms with Gasteiger partial charge in [-0.05, 0) is 73.0 Å². The molecule has 12 heteroatoms. The molecule has 7 rings (SSSR count). The average molecular weight is 691 g/mol. The van der Waals surface area contributed by atoms with E-state index in [1.54, 1.807) is 42.8 Å². The smallest absolute Gasteiger partial charge is 0.316 e. The lowest BCUT2D eigenvalue weighted by atomic mass is 9.92. The number of aromatic hydroxyl groups is 1. The number of fused-ring (bicyclic) bond motifs is 1. The number of anilines is 2. The van der Waals surface area contributed by atoms with Gasteiger partial charge in [0.25, 0.3) is 11.8 Å². The average Bonchev–Trinajstić information content (AvgIpc) is 3.45. The molecule has 0 saturated carbocycles. The maximum Gasteiger partial charge on any atom is 0.316 e. The van der Waals surface area contributed by atoms with Crippen molar-refractivity contribution in [3.8, 4) is 23.0 Å². The number of benzene rings is 3. The van der Waals surface area contributed by atoms with Gasteiger partial charge in [0.1, 0.15) is 11.6 Å². The first-order valence-electron chi connectivity index (χ1n) is 16.9. The van der Waals surface area contributed by atoms with Gasteiger partial charge < -0.3 is 24.0 Å². The van der Waals surface area contributed by atoms with E-state index in [0.717, 1.165) is 18.7 Å². The molecular formula is C39H39FN6O5. The SMILES string of the molecule is COc1ncc(N(C(=O)c2cc(-c3cc(F)ccc3C(=O)N3Cc4ccccc4C[C@H]3CN3CCOCC3)n(C)c2C)c2ccc(O)cc2)cn1. The van der Waals surface area contributed by atoms with Crippen LogP contribution in [0.5, 0.6) is 11.8 Å². The van der Waals surface area contributed by atoms with Crippen LogP contribution in [-0.4, -0.2) is 87.3 Å². The molecule has 2 aliphatic heterocycles. The summed E-state index contributed by atoms with van der Waals surface area (Å²) < 4.78 is 27.6. The number of phenolic OH excluding ortho intramolecular Hbond substituents is 1. The lowest BCUT2D eigenvalue weighted by Crippen LogP contribution is -2.52. The minimum Gasteiger partial charge on any atom is -0.508 e. The van der Waals surface area contributed by atoms with E-state index in [9.17, 15) is 14.7 Å². The van der Waals surface area contributed by atoms with E-state index in [2.05, 4.69) is 27.0 Å². The summed E-state index contributed by atoms with van der Waals surface area (Å²) in [6.45, 7) is 5.84. The Balaban J connectivity index is 1.27. The maximum atomic E-state index is 15.1. The van der Waals surface area contributed by atoms with Gasteiger partial charge in [-0.2, -0.15) is 0 Å². The zero-order chi connectivity index (χ0) is 35.6. The van der Waals surface area contributed by atoms with E-state index in [0.29, 0.717) is 72.2 Å². The quantitative estimate of drug-likeness (QED) is 0.227. The Kier molecular flexibility index (Phi) is 9.52. The Morgan fingerprint density at radius 1 is 0.961 bits per heavy atom. The van der Waals surface area contributed by atoms with Gasteiger partial charge in [0.05, 0.1) is 44.0 Å². The Morgan fingerprint density at radius 2 is 1.67 bits per heavy atom. The lowest BCUT2D eigenvalue weighted by Gasteiger charge is -2.40. The van der Waals surface area contributed by atoms with E-state index < -0.39 is 11.7 Å². The molecule has 5 aromatic rings. The van der Waals surface area contributed by atoms with Crippen LogP contribution in [-0.2, 0) is 24.8 Å². The summed E-state index contributed by atoms with van der Waals surface area (Å²) in [6.07, 6.45) is 3.66. The second-order valence-electron chi connectivity index (χ2n) is 12.8. The van der Waals surface area contributed by atoms with Crippen LogP contribution >= 0.6 is 0 Å². The number of halogens is 1. The van der Waals surface area contributed by atoms with Gasteiger partial charge in [-0.25, -0.2) is 14.4 Å². The van der Waals surface area contributed by atoms with Crippen LogP contribution in [0.3, 0.4) is 0 Å². The molecule has 1 fully saturated rings. The van der Waals surface area contributed by atoms with Crippen LogP contribution in [0.15, 0.2) is 85.2 Å². The molecule has 0 unspecified atom stereocenters. The van der Waals surface area contributed by atoms with Crippen molar-refractivity contribution in [1.29, 1.82) is 0 Å². The predicted molar refractivity (Wildman–Crippen MR) is 190 cm³/mol. The van der Waals surface area contributed by atoms with E-state index >= 15 is 4.39 Å². The largest absolute Gasteiger partial charge is 0.508 e. The molecule has 4 heterocycles. The summed E-state index contributed by atoms with van der Waals surface area (Å²) in [7, 11) is 3.24. The van der Waals surface area contributed by atoms with E-state index in [4.69, 9.17) is 9.47 Å². The van der Waals surface area contributed by atoms with Gasteiger partial charge in [0.15, 0.2) is 0 Å². The van der Waals surface area contributed by atoms with Gasteiger partial charge in [0, 0.05) is 67.5 Å². The first-order valence-corrected chi connectivity index (χ1v) is 16.9. The lowest BCUT2D eigenvalue weighted by molar-refractivity contribution is 0.0193. The number of hydrogen-bond donors (Lipinski definition) is 1. The van der Waals surface area contributed by atoms with Crippen LogP contribution < -0.4 is 9.64 Å². The summed E-state index contributed by atoms with van der Waals surface area (Å²) >= 11 is 0. The van der Waals surface area contributed by atoms with E-state index in [-0.39, 0.29) is 23.7 Å². The fraction of sp³-hybridized carbons (Fsp3) is 0.282. The van der Waals surface area contributed by atoms with Crippen molar-refractivity contribution in [3.05, 3.63) is 119 Å². The van der Waals surface area contributed by atoms with Gasteiger partial charge in [-0.15, -0.1) is 0 Å². The van der Waals surface area contributed by atoms with Crippen molar-refractivity contribution < 1.29 is 28.6 Å². The third-order valence-electron chi connectivity index (χ3n) is 9.81. The number of phenols is 1. The highest BCUT2D eigenvalue weighted by atomic mass is 19.1. The minimum absolute atomic E-state index is 0.0444. The normalized spacial score (nSPS) is 16.1. The standard InChI is InChI=1S/C39H39FN6O5/c1-25-34(38(49)46(29-9-11-32(47)12-10-29)31-21-41-39(50-3)42-22-31)20-36(43(25)2)35-19-28(40)8-13-33(35)37(48)45-23-27-7-5-4-6-26(27)18-30(45)24-44-14-16-51-17-15-44/h4-13,19-22,30,47H,14-18,23-24H2,1-3H3/t30-/m0/s1. The number of carbonyl (C=O) groups is 2. The zero-order valence-electron chi connectivity index (χ0n) is 28.8. The molecule has 0 aliphatic carbocycles. The predicted octanol–water partition coefficient (Wildman–Crippen LogP) is 5.52. The highest BCUT2D eigenvalue weighted by Gasteiger charge is 2.34. The fourth-order valence-corrected chi connectivity index (χ4v) is 6.95. The molecule has 3 aromatic carbocycles. The number of hydrogen-bond acceptors (Lipinski definition) is 8. The molecule has 2 aromatic heterocycles. The number of amides is 2. The molecule has 1 saturated heterocycles. The molecule has 2 aliphatic rings. The number of nitrogens with zero attached hydrogens (tertiary/aromatic N) is 6. The highest BCUT2D eigenvalue weighted by molar-refractivity contribution is 6.12. The molecule has 51 heavy (non-hydrogen) atoms. The fourth-order valence-electron chi connectivity index (χ4n) is 6.95.